The molecule has 4 heterocycles. The van der Waals surface area contributed by atoms with E-state index in [2.05, 4.69) is 10.3 Å². The topological polar surface area (TPSA) is 103 Å². The lowest BCUT2D eigenvalue weighted by Crippen LogP contribution is -2.35. The van der Waals surface area contributed by atoms with Crippen molar-refractivity contribution in [3.63, 3.8) is 0 Å². The van der Waals surface area contributed by atoms with E-state index in [9.17, 15) is 18.0 Å². The van der Waals surface area contributed by atoms with E-state index in [-0.39, 0.29) is 29.0 Å². The van der Waals surface area contributed by atoms with E-state index < -0.39 is 9.84 Å². The lowest BCUT2D eigenvalue weighted by molar-refractivity contribution is 0.0941. The number of rotatable bonds is 4. The van der Waals surface area contributed by atoms with Crippen LogP contribution in [0.1, 0.15) is 22.3 Å². The van der Waals surface area contributed by atoms with Crippen molar-refractivity contribution in [1.82, 2.24) is 19.3 Å². The number of carbonyl (C=O) groups is 1. The maximum absolute atomic E-state index is 13.0. The molecule has 1 fully saturated rings. The molecule has 31 heavy (non-hydrogen) atoms. The number of aromatic nitrogens is 3. The van der Waals surface area contributed by atoms with Crippen molar-refractivity contribution in [2.75, 3.05) is 11.5 Å². The van der Waals surface area contributed by atoms with Gasteiger partial charge >= 0.3 is 0 Å². The fourth-order valence-electron chi connectivity index (χ4n) is 4.05. The molecule has 0 bridgehead atoms. The lowest BCUT2D eigenvalue weighted by atomic mass is 10.1. The van der Waals surface area contributed by atoms with Crippen molar-refractivity contribution >= 4 is 32.4 Å². The van der Waals surface area contributed by atoms with Gasteiger partial charge in [-0.15, -0.1) is 0 Å². The highest BCUT2D eigenvalue weighted by Gasteiger charge is 2.29. The zero-order valence-electron chi connectivity index (χ0n) is 16.6. The number of pyridine rings is 1. The average Bonchev–Trinajstić information content (AvgIpc) is 3.38. The Kier molecular flexibility index (Phi) is 4.62. The summed E-state index contributed by atoms with van der Waals surface area (Å²) in [4.78, 5) is 29.9. The number of carbonyl (C=O) groups excluding carboxylic acids is 1. The number of amides is 1. The van der Waals surface area contributed by atoms with Gasteiger partial charge in [-0.1, -0.05) is 12.1 Å². The molecular weight excluding hydrogens is 416 g/mol. The van der Waals surface area contributed by atoms with E-state index in [1.165, 1.54) is 0 Å². The van der Waals surface area contributed by atoms with Crippen LogP contribution in [-0.4, -0.2) is 45.8 Å². The molecule has 1 unspecified atom stereocenters. The van der Waals surface area contributed by atoms with Gasteiger partial charge in [0.15, 0.2) is 15.5 Å². The highest BCUT2D eigenvalue weighted by molar-refractivity contribution is 7.91. The Morgan fingerprint density at radius 2 is 1.87 bits per heavy atom. The van der Waals surface area contributed by atoms with Crippen LogP contribution < -0.4 is 10.9 Å². The summed E-state index contributed by atoms with van der Waals surface area (Å²) in [7, 11) is -3.05. The van der Waals surface area contributed by atoms with Crippen molar-refractivity contribution in [3.8, 4) is 0 Å². The van der Waals surface area contributed by atoms with Gasteiger partial charge in [0.2, 0.25) is 0 Å². The summed E-state index contributed by atoms with van der Waals surface area (Å²) in [5.41, 5.74) is 3.16. The minimum Gasteiger partial charge on any atom is -0.348 e. The lowest BCUT2D eigenvalue weighted by Gasteiger charge is -2.13. The summed E-state index contributed by atoms with van der Waals surface area (Å²) in [5, 5.41) is 2.78. The molecule has 5 rings (SSSR count). The number of nitrogens with one attached hydrogen (secondary N) is 1. The first kappa shape index (κ1) is 19.5. The Labute approximate surface area is 178 Å². The first-order chi connectivity index (χ1) is 14.9. The van der Waals surface area contributed by atoms with Crippen LogP contribution in [0.15, 0.2) is 65.7 Å². The number of benzene rings is 1. The average molecular weight is 436 g/mol. The zero-order chi connectivity index (χ0) is 21.6. The van der Waals surface area contributed by atoms with Gasteiger partial charge in [0.05, 0.1) is 23.6 Å². The standard InChI is InChI=1S/C22H20N4O4S/c27-21(24-17-9-12-31(29,30)14-17)16-7-5-15(6-8-16)13-26-20-18(3-1-10-23-20)25-11-2-4-19(25)22(26)28/h1-8,10-11,17H,9,12-14H2,(H,24,27). The van der Waals surface area contributed by atoms with E-state index in [1.54, 1.807) is 41.1 Å². The van der Waals surface area contributed by atoms with Crippen molar-refractivity contribution < 1.29 is 13.2 Å². The summed E-state index contributed by atoms with van der Waals surface area (Å²) < 4.78 is 26.6. The normalized spacial score (nSPS) is 17.9. The van der Waals surface area contributed by atoms with Gasteiger partial charge in [0, 0.05) is 24.0 Å². The Morgan fingerprint density at radius 1 is 1.10 bits per heavy atom. The Hall–Kier alpha value is -3.46. The molecule has 0 aliphatic carbocycles. The van der Waals surface area contributed by atoms with Crippen molar-refractivity contribution in [2.24, 2.45) is 0 Å². The summed E-state index contributed by atoms with van der Waals surface area (Å²) in [5.74, 6) is -0.200. The largest absolute Gasteiger partial charge is 0.348 e. The van der Waals surface area contributed by atoms with Crippen LogP contribution in [0.25, 0.3) is 16.7 Å². The van der Waals surface area contributed by atoms with Gasteiger partial charge < -0.3 is 9.72 Å². The second kappa shape index (κ2) is 7.35. The molecule has 1 aliphatic heterocycles. The predicted molar refractivity (Wildman–Crippen MR) is 117 cm³/mol. The zero-order valence-corrected chi connectivity index (χ0v) is 17.4. The van der Waals surface area contributed by atoms with Crippen molar-refractivity contribution in [1.29, 1.82) is 0 Å². The molecule has 0 radical (unpaired) electrons. The fourth-order valence-corrected chi connectivity index (χ4v) is 5.73. The Morgan fingerprint density at radius 3 is 2.61 bits per heavy atom. The highest BCUT2D eigenvalue weighted by atomic mass is 32.2. The van der Waals surface area contributed by atoms with E-state index in [4.69, 9.17) is 0 Å². The highest BCUT2D eigenvalue weighted by Crippen LogP contribution is 2.16. The molecule has 1 aliphatic rings. The molecule has 0 spiro atoms. The third-order valence-electron chi connectivity index (χ3n) is 5.62. The molecule has 8 nitrogen and oxygen atoms in total. The third kappa shape index (κ3) is 3.61. The molecule has 4 aromatic rings. The van der Waals surface area contributed by atoms with Crippen molar-refractivity contribution in [2.45, 2.75) is 19.0 Å². The molecule has 1 atom stereocenters. The smallest absolute Gasteiger partial charge is 0.276 e. The molecule has 158 valence electrons. The van der Waals surface area contributed by atoms with Crippen LogP contribution >= 0.6 is 0 Å². The van der Waals surface area contributed by atoms with Gasteiger partial charge in [0.1, 0.15) is 5.52 Å². The molecule has 3 aromatic heterocycles. The van der Waals surface area contributed by atoms with Crippen LogP contribution in [0.3, 0.4) is 0 Å². The summed E-state index contributed by atoms with van der Waals surface area (Å²) in [6, 6.07) is 14.0. The first-order valence-electron chi connectivity index (χ1n) is 9.96. The van der Waals surface area contributed by atoms with Gasteiger partial charge in [0.25, 0.3) is 11.5 Å². The third-order valence-corrected chi connectivity index (χ3v) is 7.39. The van der Waals surface area contributed by atoms with E-state index in [0.29, 0.717) is 29.7 Å². The predicted octanol–water partition coefficient (Wildman–Crippen LogP) is 1.61. The van der Waals surface area contributed by atoms with Crippen LogP contribution in [0, 0.1) is 0 Å². The quantitative estimate of drug-likeness (QED) is 0.524. The van der Waals surface area contributed by atoms with E-state index in [0.717, 1.165) is 11.1 Å². The van der Waals surface area contributed by atoms with E-state index in [1.807, 2.05) is 28.8 Å². The summed E-state index contributed by atoms with van der Waals surface area (Å²) >= 11 is 0. The number of sulfone groups is 1. The van der Waals surface area contributed by atoms with E-state index >= 15 is 0 Å². The minimum absolute atomic E-state index is 0.0119. The second-order valence-electron chi connectivity index (χ2n) is 7.77. The molecule has 1 aromatic carbocycles. The summed E-state index contributed by atoms with van der Waals surface area (Å²) in [6.07, 6.45) is 3.94. The van der Waals surface area contributed by atoms with Crippen LogP contribution in [-0.2, 0) is 16.4 Å². The van der Waals surface area contributed by atoms with Gasteiger partial charge in [-0.3, -0.25) is 14.2 Å². The number of hydrogen-bond donors (Lipinski definition) is 1. The van der Waals surface area contributed by atoms with Gasteiger partial charge in [-0.25, -0.2) is 13.4 Å². The maximum atomic E-state index is 13.0. The van der Waals surface area contributed by atoms with Crippen LogP contribution in [0.5, 0.6) is 0 Å². The monoisotopic (exact) mass is 436 g/mol. The first-order valence-corrected chi connectivity index (χ1v) is 11.8. The fraction of sp³-hybridized carbons (Fsp3) is 0.227. The van der Waals surface area contributed by atoms with Gasteiger partial charge in [-0.2, -0.15) is 0 Å². The molecule has 9 heteroatoms. The number of nitrogens with zero attached hydrogens (tertiary/aromatic N) is 3. The Balaban J connectivity index is 1.41. The SMILES string of the molecule is O=C(NC1CCS(=O)(=O)C1)c1ccc(Cn2c(=O)c3cccn3c3cccnc32)cc1. The molecule has 1 amide bonds. The molecule has 1 N–H and O–H groups in total. The van der Waals surface area contributed by atoms with Gasteiger partial charge in [-0.05, 0) is 48.4 Å². The molecular formula is C22H20N4O4S. The molecule has 1 saturated heterocycles. The van der Waals surface area contributed by atoms with Crippen LogP contribution in [0.2, 0.25) is 0 Å². The van der Waals surface area contributed by atoms with Crippen LogP contribution in [0.4, 0.5) is 0 Å². The second-order valence-corrected chi connectivity index (χ2v) is 10.00. The minimum atomic E-state index is -3.05. The number of fused-ring (bicyclic) bond motifs is 3. The summed E-state index contributed by atoms with van der Waals surface area (Å²) in [6.45, 7) is 0.316. The maximum Gasteiger partial charge on any atom is 0.276 e. The van der Waals surface area contributed by atoms with Crippen molar-refractivity contribution in [3.05, 3.63) is 82.4 Å². The molecule has 0 saturated carbocycles. The number of hydrogen-bond acceptors (Lipinski definition) is 5. The Bertz CT molecular complexity index is 1470.